The summed E-state index contributed by atoms with van der Waals surface area (Å²) in [7, 11) is 0. The van der Waals surface area contributed by atoms with Crippen LogP contribution in [0.2, 0.25) is 0 Å². The third kappa shape index (κ3) is 2.26. The minimum atomic E-state index is -0.330. The molecular weight excluding hydrogens is 246 g/mol. The minimum Gasteiger partial charge on any atom is -0.348 e. The summed E-state index contributed by atoms with van der Waals surface area (Å²) >= 11 is 0. The van der Waals surface area contributed by atoms with E-state index in [1.54, 1.807) is 11.8 Å². The van der Waals surface area contributed by atoms with Crippen LogP contribution in [0.4, 0.5) is 0 Å². The van der Waals surface area contributed by atoms with Crippen molar-refractivity contribution < 1.29 is 9.53 Å². The second kappa shape index (κ2) is 4.55. The predicted molar refractivity (Wildman–Crippen MR) is 69.8 cm³/mol. The number of aromatic nitrogens is 2. The highest BCUT2D eigenvalue weighted by atomic mass is 16.5. The molecule has 0 bridgehead atoms. The second-order valence-electron chi connectivity index (χ2n) is 4.75. The van der Waals surface area contributed by atoms with Crippen molar-refractivity contribution in [3.63, 3.8) is 0 Å². The monoisotopic (exact) mass is 261 g/mol. The van der Waals surface area contributed by atoms with E-state index in [9.17, 15) is 9.59 Å². The maximum Gasteiger partial charge on any atom is 0.323 e. The molecule has 100 valence electrons. The number of imidazole rings is 1. The van der Waals surface area contributed by atoms with E-state index in [0.29, 0.717) is 13.3 Å². The number of aromatic amines is 2. The van der Waals surface area contributed by atoms with Gasteiger partial charge >= 0.3 is 5.69 Å². The van der Waals surface area contributed by atoms with E-state index in [1.807, 2.05) is 18.2 Å². The van der Waals surface area contributed by atoms with E-state index in [1.165, 1.54) is 0 Å². The highest BCUT2D eigenvalue weighted by Gasteiger charge is 2.28. The van der Waals surface area contributed by atoms with E-state index >= 15 is 0 Å². The molecule has 0 saturated carbocycles. The molecule has 1 aromatic heterocycles. The van der Waals surface area contributed by atoms with Gasteiger partial charge in [0.2, 0.25) is 0 Å². The Morgan fingerprint density at radius 2 is 2.11 bits per heavy atom. The van der Waals surface area contributed by atoms with Crippen LogP contribution in [0.25, 0.3) is 11.0 Å². The quantitative estimate of drug-likeness (QED) is 0.849. The number of ether oxygens (including phenoxy) is 1. The highest BCUT2D eigenvalue weighted by molar-refractivity contribution is 5.81. The third-order valence-electron chi connectivity index (χ3n) is 3.39. The van der Waals surface area contributed by atoms with Gasteiger partial charge in [-0.3, -0.25) is 4.79 Å². The van der Waals surface area contributed by atoms with Crippen LogP contribution in [0.15, 0.2) is 23.0 Å². The third-order valence-corrected chi connectivity index (χ3v) is 3.39. The summed E-state index contributed by atoms with van der Waals surface area (Å²) in [6, 6.07) is 5.75. The lowest BCUT2D eigenvalue weighted by atomic mass is 10.1. The number of amides is 1. The van der Waals surface area contributed by atoms with E-state index in [4.69, 9.17) is 4.74 Å². The van der Waals surface area contributed by atoms with Crippen molar-refractivity contribution in [3.8, 4) is 0 Å². The molecule has 1 atom stereocenters. The first-order valence-electron chi connectivity index (χ1n) is 6.25. The maximum atomic E-state index is 11.7. The molecule has 1 aliphatic rings. The Hall–Kier alpha value is -2.08. The first kappa shape index (κ1) is 12.0. The molecule has 19 heavy (non-hydrogen) atoms. The fourth-order valence-electron chi connectivity index (χ4n) is 2.27. The molecule has 3 rings (SSSR count). The number of fused-ring (bicyclic) bond motifs is 1. The largest absolute Gasteiger partial charge is 0.348 e. The average Bonchev–Trinajstić information content (AvgIpc) is 2.90. The number of rotatable bonds is 3. The van der Waals surface area contributed by atoms with Crippen molar-refractivity contribution in [1.82, 2.24) is 14.9 Å². The molecular formula is C13H15N3O3. The molecule has 0 radical (unpaired) electrons. The van der Waals surface area contributed by atoms with Crippen molar-refractivity contribution in [2.75, 3.05) is 13.3 Å². The number of carbonyl (C=O) groups excluding carboxylic acids is 1. The molecule has 1 aromatic carbocycles. The lowest BCUT2D eigenvalue weighted by molar-refractivity contribution is -0.129. The molecule has 2 heterocycles. The van der Waals surface area contributed by atoms with Gasteiger partial charge in [0.25, 0.3) is 5.91 Å². The fraction of sp³-hybridized carbons (Fsp3) is 0.385. The molecule has 0 aliphatic carbocycles. The number of benzene rings is 1. The van der Waals surface area contributed by atoms with Gasteiger partial charge < -0.3 is 19.6 Å². The molecule has 0 spiro atoms. The zero-order chi connectivity index (χ0) is 13.4. The molecule has 6 heteroatoms. The summed E-state index contributed by atoms with van der Waals surface area (Å²) in [6.07, 6.45) is 0.411. The van der Waals surface area contributed by atoms with E-state index in [0.717, 1.165) is 23.0 Å². The summed E-state index contributed by atoms with van der Waals surface area (Å²) in [4.78, 5) is 30.0. The number of H-pyrrole nitrogens is 2. The van der Waals surface area contributed by atoms with Crippen molar-refractivity contribution in [3.05, 3.63) is 34.2 Å². The SMILES string of the molecule is C[C@H]1OCN(CCc2ccc3[nH]c(=O)[nH]c3c2)C1=O. The van der Waals surface area contributed by atoms with Gasteiger partial charge in [-0.05, 0) is 31.0 Å². The topological polar surface area (TPSA) is 78.2 Å². The van der Waals surface area contributed by atoms with Crippen LogP contribution < -0.4 is 5.69 Å². The van der Waals surface area contributed by atoms with Crippen LogP contribution in [0, 0.1) is 0 Å². The maximum absolute atomic E-state index is 11.7. The van der Waals surface area contributed by atoms with E-state index < -0.39 is 0 Å². The van der Waals surface area contributed by atoms with Crippen LogP contribution in [0.1, 0.15) is 12.5 Å². The predicted octanol–water partition coefficient (Wildman–Crippen LogP) is 0.603. The van der Waals surface area contributed by atoms with Crippen molar-refractivity contribution >= 4 is 16.9 Å². The number of nitrogens with one attached hydrogen (secondary N) is 2. The number of hydrogen-bond donors (Lipinski definition) is 2. The smallest absolute Gasteiger partial charge is 0.323 e. The first-order valence-corrected chi connectivity index (χ1v) is 6.25. The Balaban J connectivity index is 1.71. The second-order valence-corrected chi connectivity index (χ2v) is 4.75. The van der Waals surface area contributed by atoms with Crippen LogP contribution in [0.5, 0.6) is 0 Å². The normalized spacial score (nSPS) is 19.5. The van der Waals surface area contributed by atoms with Crippen molar-refractivity contribution in [1.29, 1.82) is 0 Å². The molecule has 6 nitrogen and oxygen atoms in total. The summed E-state index contributed by atoms with van der Waals surface area (Å²) in [5.74, 6) is 0.0381. The molecule has 1 aliphatic heterocycles. The Morgan fingerprint density at radius 1 is 1.32 bits per heavy atom. The number of nitrogens with zero attached hydrogens (tertiary/aromatic N) is 1. The Kier molecular flexibility index (Phi) is 2.87. The molecule has 1 fully saturated rings. The lowest BCUT2D eigenvalue weighted by Gasteiger charge is -2.13. The van der Waals surface area contributed by atoms with Crippen molar-refractivity contribution in [2.45, 2.75) is 19.4 Å². The van der Waals surface area contributed by atoms with Gasteiger partial charge in [-0.2, -0.15) is 0 Å². The first-order chi connectivity index (χ1) is 9.13. The molecule has 2 aromatic rings. The van der Waals surface area contributed by atoms with Gasteiger partial charge in [-0.1, -0.05) is 6.07 Å². The van der Waals surface area contributed by atoms with Crippen LogP contribution >= 0.6 is 0 Å². The Labute approximate surface area is 109 Å². The van der Waals surface area contributed by atoms with Gasteiger partial charge in [0.1, 0.15) is 12.8 Å². The average molecular weight is 261 g/mol. The molecule has 1 saturated heterocycles. The van der Waals surface area contributed by atoms with Gasteiger partial charge in [0, 0.05) is 6.54 Å². The summed E-state index contributed by atoms with van der Waals surface area (Å²) in [5, 5.41) is 0. The van der Waals surface area contributed by atoms with Gasteiger partial charge in [-0.15, -0.1) is 0 Å². The number of carbonyl (C=O) groups is 1. The summed E-state index contributed by atoms with van der Waals surface area (Å²) in [5.41, 5.74) is 2.46. The Bertz CT molecular complexity index is 673. The Morgan fingerprint density at radius 3 is 2.84 bits per heavy atom. The molecule has 1 amide bonds. The van der Waals surface area contributed by atoms with Gasteiger partial charge in [0.15, 0.2) is 0 Å². The lowest BCUT2D eigenvalue weighted by Crippen LogP contribution is -2.30. The summed E-state index contributed by atoms with van der Waals surface area (Å²) in [6.45, 7) is 2.76. The highest BCUT2D eigenvalue weighted by Crippen LogP contribution is 2.13. The molecule has 2 N–H and O–H groups in total. The minimum absolute atomic E-state index is 0.0381. The van der Waals surface area contributed by atoms with Crippen LogP contribution in [0.3, 0.4) is 0 Å². The van der Waals surface area contributed by atoms with Crippen LogP contribution in [-0.4, -0.2) is 40.2 Å². The number of hydrogen-bond acceptors (Lipinski definition) is 3. The van der Waals surface area contributed by atoms with Gasteiger partial charge in [0.05, 0.1) is 11.0 Å². The van der Waals surface area contributed by atoms with Gasteiger partial charge in [-0.25, -0.2) is 4.79 Å². The zero-order valence-corrected chi connectivity index (χ0v) is 10.6. The standard InChI is InChI=1S/C13H15N3O3/c1-8-12(17)16(7-19-8)5-4-9-2-3-10-11(6-9)15-13(18)14-10/h2-3,6,8H,4-5,7H2,1H3,(H2,14,15,18)/t8-/m1/s1. The van der Waals surface area contributed by atoms with Crippen LogP contribution in [-0.2, 0) is 16.0 Å². The van der Waals surface area contributed by atoms with Crippen molar-refractivity contribution in [2.24, 2.45) is 0 Å². The summed E-state index contributed by atoms with van der Waals surface area (Å²) < 4.78 is 5.26. The zero-order valence-electron chi connectivity index (χ0n) is 10.6. The van der Waals surface area contributed by atoms with E-state index in [-0.39, 0.29) is 17.7 Å². The van der Waals surface area contributed by atoms with E-state index in [2.05, 4.69) is 9.97 Å². The molecule has 0 unspecified atom stereocenters. The fourth-order valence-corrected chi connectivity index (χ4v) is 2.27.